The van der Waals surface area contributed by atoms with E-state index in [0.717, 1.165) is 42.6 Å². The van der Waals surface area contributed by atoms with Gasteiger partial charge in [0, 0.05) is 0 Å². The minimum atomic E-state index is -0.707. The fourth-order valence-electron chi connectivity index (χ4n) is 5.02. The molecule has 0 radical (unpaired) electrons. The molecule has 1 saturated carbocycles. The summed E-state index contributed by atoms with van der Waals surface area (Å²) in [4.78, 5) is 46.3. The second-order valence-electron chi connectivity index (χ2n) is 8.80. The quantitative estimate of drug-likeness (QED) is 0.436. The summed E-state index contributed by atoms with van der Waals surface area (Å²) < 4.78 is 16.7. The van der Waals surface area contributed by atoms with Crippen molar-refractivity contribution in [3.63, 3.8) is 0 Å². The Bertz CT molecular complexity index is 1230. The van der Waals surface area contributed by atoms with Crippen LogP contribution < -0.4 is 9.64 Å². The number of carbonyl (C=O) groups excluding carboxylic acids is 3. The van der Waals surface area contributed by atoms with Crippen LogP contribution in [0.1, 0.15) is 52.7 Å². The molecule has 0 bridgehead atoms. The van der Waals surface area contributed by atoms with Crippen molar-refractivity contribution in [2.45, 2.75) is 44.8 Å². The Morgan fingerprint density at radius 3 is 2.71 bits per heavy atom. The van der Waals surface area contributed by atoms with Gasteiger partial charge in [-0.3, -0.25) is 14.5 Å². The molecule has 3 heterocycles. The Morgan fingerprint density at radius 2 is 2.00 bits per heavy atom. The smallest absolute Gasteiger partial charge is 0.350 e. The van der Waals surface area contributed by atoms with Gasteiger partial charge in [0.2, 0.25) is 0 Å². The molecule has 182 valence electrons. The highest BCUT2D eigenvalue weighted by molar-refractivity contribution is 7.17. The van der Waals surface area contributed by atoms with Gasteiger partial charge < -0.3 is 14.2 Å². The van der Waals surface area contributed by atoms with Gasteiger partial charge in [-0.25, -0.2) is 9.78 Å². The largest absolute Gasteiger partial charge is 0.497 e. The molecule has 3 unspecified atom stereocenters. The molecule has 3 aliphatic rings. The predicted octanol–water partition coefficient (Wildman–Crippen LogP) is 4.30. The van der Waals surface area contributed by atoms with Crippen molar-refractivity contribution in [3.05, 3.63) is 64.4 Å². The number of hydrogen-bond donors (Lipinski definition) is 0. The highest BCUT2D eigenvalue weighted by atomic mass is 32.1. The number of benzene rings is 1. The molecule has 2 aliphatic heterocycles. The Kier molecular flexibility index (Phi) is 6.19. The van der Waals surface area contributed by atoms with E-state index in [2.05, 4.69) is 11.6 Å². The molecular formula is C26H26N2O6S. The first kappa shape index (κ1) is 23.3. The summed E-state index contributed by atoms with van der Waals surface area (Å²) in [6, 6.07) is 6.54. The van der Waals surface area contributed by atoms with E-state index in [4.69, 9.17) is 14.2 Å². The number of aromatic nitrogens is 1. The van der Waals surface area contributed by atoms with Crippen LogP contribution in [0.15, 0.2) is 48.3 Å². The van der Waals surface area contributed by atoms with E-state index in [1.165, 1.54) is 11.0 Å². The van der Waals surface area contributed by atoms with Gasteiger partial charge >= 0.3 is 5.97 Å². The van der Waals surface area contributed by atoms with Crippen LogP contribution in [0.5, 0.6) is 5.75 Å². The summed E-state index contributed by atoms with van der Waals surface area (Å²) in [7, 11) is 1.58. The minimum Gasteiger partial charge on any atom is -0.497 e. The summed E-state index contributed by atoms with van der Waals surface area (Å²) in [6.07, 6.45) is 4.64. The van der Waals surface area contributed by atoms with Crippen molar-refractivity contribution in [1.29, 1.82) is 0 Å². The molecule has 0 saturated heterocycles. The molecule has 1 fully saturated rings. The summed E-state index contributed by atoms with van der Waals surface area (Å²) in [5.41, 5.74) is 1.55. The first-order valence-electron chi connectivity index (χ1n) is 11.6. The topological polar surface area (TPSA) is 95.0 Å². The SMILES string of the molecule is C=CCOC(=O)c1sc(N2C(=O)C3=C(C(=O)C4CCCCC4O3)C2c2ccc(OC)cc2)nc1C. The van der Waals surface area contributed by atoms with E-state index < -0.39 is 17.9 Å². The van der Waals surface area contributed by atoms with E-state index >= 15 is 0 Å². The van der Waals surface area contributed by atoms with Crippen molar-refractivity contribution in [1.82, 2.24) is 4.98 Å². The maximum Gasteiger partial charge on any atom is 0.350 e. The van der Waals surface area contributed by atoms with Crippen LogP contribution in [0.3, 0.4) is 0 Å². The van der Waals surface area contributed by atoms with Gasteiger partial charge in [-0.15, -0.1) is 0 Å². The number of esters is 1. The van der Waals surface area contributed by atoms with Crippen LogP contribution in [-0.2, 0) is 19.1 Å². The van der Waals surface area contributed by atoms with E-state index in [-0.39, 0.29) is 30.2 Å². The number of thiazole rings is 1. The number of amides is 1. The second-order valence-corrected chi connectivity index (χ2v) is 9.78. The van der Waals surface area contributed by atoms with Crippen molar-refractivity contribution in [2.24, 2.45) is 5.92 Å². The molecule has 1 aliphatic carbocycles. The van der Waals surface area contributed by atoms with Gasteiger partial charge in [0.05, 0.1) is 30.3 Å². The highest BCUT2D eigenvalue weighted by Gasteiger charge is 2.53. The van der Waals surface area contributed by atoms with Crippen LogP contribution >= 0.6 is 11.3 Å². The van der Waals surface area contributed by atoms with E-state index in [1.807, 2.05) is 12.1 Å². The molecule has 2 aromatic rings. The third-order valence-electron chi connectivity index (χ3n) is 6.70. The lowest BCUT2D eigenvalue weighted by Gasteiger charge is -2.35. The zero-order valence-corrected chi connectivity index (χ0v) is 20.4. The first-order chi connectivity index (χ1) is 16.9. The highest BCUT2D eigenvalue weighted by Crippen LogP contribution is 2.49. The molecule has 1 amide bonds. The van der Waals surface area contributed by atoms with Crippen molar-refractivity contribution in [3.8, 4) is 5.75 Å². The Hall–Kier alpha value is -3.46. The molecule has 8 nitrogen and oxygen atoms in total. The fourth-order valence-corrected chi connectivity index (χ4v) is 6.01. The van der Waals surface area contributed by atoms with Gasteiger partial charge in [-0.1, -0.05) is 42.5 Å². The normalized spacial score (nSPS) is 23.5. The number of anilines is 1. The lowest BCUT2D eigenvalue weighted by molar-refractivity contribution is -0.131. The van der Waals surface area contributed by atoms with Crippen molar-refractivity contribution >= 4 is 34.1 Å². The molecule has 5 rings (SSSR count). The van der Waals surface area contributed by atoms with Crippen LogP contribution in [0.25, 0.3) is 0 Å². The van der Waals surface area contributed by atoms with Crippen LogP contribution in [0.4, 0.5) is 5.13 Å². The number of rotatable bonds is 6. The van der Waals surface area contributed by atoms with Crippen molar-refractivity contribution in [2.75, 3.05) is 18.6 Å². The molecule has 3 atom stereocenters. The van der Waals surface area contributed by atoms with Gasteiger partial charge in [0.1, 0.15) is 23.3 Å². The lowest BCUT2D eigenvalue weighted by Crippen LogP contribution is -2.39. The Labute approximate surface area is 207 Å². The third-order valence-corrected chi connectivity index (χ3v) is 7.84. The van der Waals surface area contributed by atoms with E-state index in [9.17, 15) is 14.4 Å². The first-order valence-corrected chi connectivity index (χ1v) is 12.4. The maximum atomic E-state index is 13.7. The van der Waals surface area contributed by atoms with Gasteiger partial charge in [-0.2, -0.15) is 0 Å². The van der Waals surface area contributed by atoms with Gasteiger partial charge in [0.15, 0.2) is 16.7 Å². The number of ketones is 1. The summed E-state index contributed by atoms with van der Waals surface area (Å²) in [6.45, 7) is 5.32. The lowest BCUT2D eigenvalue weighted by atomic mass is 9.77. The monoisotopic (exact) mass is 494 g/mol. The Balaban J connectivity index is 1.59. The van der Waals surface area contributed by atoms with E-state index in [1.54, 1.807) is 26.2 Å². The van der Waals surface area contributed by atoms with Gasteiger partial charge in [0.25, 0.3) is 5.91 Å². The zero-order chi connectivity index (χ0) is 24.7. The Morgan fingerprint density at radius 1 is 1.26 bits per heavy atom. The average Bonchev–Trinajstić information content (AvgIpc) is 3.40. The molecule has 0 N–H and O–H groups in total. The average molecular weight is 495 g/mol. The van der Waals surface area contributed by atoms with Crippen LogP contribution in [-0.4, -0.2) is 42.5 Å². The van der Waals surface area contributed by atoms with Crippen LogP contribution in [0, 0.1) is 12.8 Å². The number of nitrogens with zero attached hydrogens (tertiary/aromatic N) is 2. The molecule has 0 spiro atoms. The number of carbonyl (C=O) groups is 3. The zero-order valence-electron chi connectivity index (χ0n) is 19.6. The van der Waals surface area contributed by atoms with Crippen LogP contribution in [0.2, 0.25) is 0 Å². The number of ether oxygens (including phenoxy) is 3. The summed E-state index contributed by atoms with van der Waals surface area (Å²) >= 11 is 1.06. The number of Topliss-reactive ketones (excluding diaryl/α,β-unsaturated/α-hetero) is 1. The fraction of sp³-hybridized carbons (Fsp3) is 0.385. The number of hydrogen-bond acceptors (Lipinski definition) is 8. The third kappa shape index (κ3) is 3.93. The molecule has 35 heavy (non-hydrogen) atoms. The molecule has 1 aromatic carbocycles. The number of methoxy groups -OCH3 is 1. The minimum absolute atomic E-state index is 0.0356. The summed E-state index contributed by atoms with van der Waals surface area (Å²) in [5.74, 6) is -0.477. The van der Waals surface area contributed by atoms with Crippen molar-refractivity contribution < 1.29 is 28.6 Å². The van der Waals surface area contributed by atoms with E-state index in [0.29, 0.717) is 27.0 Å². The molecular weight excluding hydrogens is 468 g/mol. The number of aryl methyl sites for hydroxylation is 1. The molecule has 1 aromatic heterocycles. The number of fused-ring (bicyclic) bond motifs is 1. The standard InChI is InChI=1S/C26H26N2O6S/c1-4-13-33-25(31)23-14(2)27-26(35-23)28-20(15-9-11-16(32-3)12-10-15)19-21(29)17-7-5-6-8-18(17)34-22(19)24(28)30/h4,9-12,17-18,20H,1,5-8,13H2,2-3H3. The second kappa shape index (κ2) is 9.30. The predicted molar refractivity (Wildman–Crippen MR) is 129 cm³/mol. The summed E-state index contributed by atoms with van der Waals surface area (Å²) in [5, 5.41) is 0.313. The van der Waals surface area contributed by atoms with Gasteiger partial charge in [-0.05, 0) is 43.9 Å². The molecule has 9 heteroatoms. The maximum absolute atomic E-state index is 13.7.